The fraction of sp³-hybridized carbons (Fsp3) is 0.652. The van der Waals surface area contributed by atoms with Gasteiger partial charge in [-0.15, -0.1) is 0 Å². The van der Waals surface area contributed by atoms with E-state index in [1.54, 1.807) is 7.11 Å². The van der Waals surface area contributed by atoms with Crippen LogP contribution in [0, 0.1) is 0 Å². The molecule has 3 rings (SSSR count). The van der Waals surface area contributed by atoms with Crippen LogP contribution in [0.25, 0.3) is 0 Å². The van der Waals surface area contributed by atoms with Crippen molar-refractivity contribution in [3.05, 3.63) is 23.8 Å². The number of nitrogens with zero attached hydrogens (tertiary/aromatic N) is 2. The maximum absolute atomic E-state index is 11.1. The van der Waals surface area contributed by atoms with E-state index in [1.165, 1.54) is 12.8 Å². The first kappa shape index (κ1) is 23.2. The molecule has 4 N–H and O–H groups in total. The average molecular weight is 432 g/mol. The number of nitrogens with one attached hydrogen (secondary N) is 2. The van der Waals surface area contributed by atoms with Crippen molar-refractivity contribution in [2.75, 3.05) is 33.3 Å². The summed E-state index contributed by atoms with van der Waals surface area (Å²) in [6.07, 6.45) is 6.87. The van der Waals surface area contributed by atoms with E-state index in [9.17, 15) is 4.79 Å². The fourth-order valence-electron chi connectivity index (χ4n) is 4.22. The normalized spacial score (nSPS) is 18.7. The number of hydrogen-bond acceptors (Lipinski definition) is 5. The summed E-state index contributed by atoms with van der Waals surface area (Å²) in [5.74, 6) is 2.20. The van der Waals surface area contributed by atoms with Crippen LogP contribution in [-0.4, -0.2) is 62.2 Å². The van der Waals surface area contributed by atoms with Crippen molar-refractivity contribution in [2.24, 2.45) is 10.7 Å². The van der Waals surface area contributed by atoms with Crippen molar-refractivity contribution in [1.82, 2.24) is 15.5 Å². The van der Waals surface area contributed by atoms with Crippen LogP contribution in [0.3, 0.4) is 0 Å². The second-order valence-corrected chi connectivity index (χ2v) is 8.35. The Balaban J connectivity index is 1.62. The number of carbonyl (C=O) groups excluding carboxylic acids is 1. The highest BCUT2D eigenvalue weighted by Crippen LogP contribution is 2.30. The van der Waals surface area contributed by atoms with Gasteiger partial charge in [0.1, 0.15) is 11.5 Å². The van der Waals surface area contributed by atoms with Crippen molar-refractivity contribution in [3.63, 3.8) is 0 Å². The molecule has 8 heteroatoms. The molecule has 8 nitrogen and oxygen atoms in total. The highest BCUT2D eigenvalue weighted by atomic mass is 16.5. The van der Waals surface area contributed by atoms with Gasteiger partial charge in [0.2, 0.25) is 5.91 Å². The number of guanidine groups is 1. The minimum Gasteiger partial charge on any atom is -0.497 e. The van der Waals surface area contributed by atoms with E-state index in [1.807, 2.05) is 18.2 Å². The van der Waals surface area contributed by atoms with E-state index in [-0.39, 0.29) is 12.0 Å². The second kappa shape index (κ2) is 11.8. The molecule has 31 heavy (non-hydrogen) atoms. The van der Waals surface area contributed by atoms with Crippen LogP contribution in [-0.2, 0) is 11.3 Å². The molecule has 1 amide bonds. The highest BCUT2D eigenvalue weighted by molar-refractivity contribution is 5.80. The Hall–Kier alpha value is -2.48. The van der Waals surface area contributed by atoms with E-state index >= 15 is 0 Å². The molecule has 0 radical (unpaired) electrons. The first-order valence-electron chi connectivity index (χ1n) is 11.5. The zero-order valence-corrected chi connectivity index (χ0v) is 18.9. The van der Waals surface area contributed by atoms with Crippen molar-refractivity contribution < 1.29 is 14.3 Å². The van der Waals surface area contributed by atoms with Gasteiger partial charge in [-0.1, -0.05) is 0 Å². The van der Waals surface area contributed by atoms with Crippen LogP contribution in [0.4, 0.5) is 0 Å². The molecule has 2 aliphatic rings. The summed E-state index contributed by atoms with van der Waals surface area (Å²) in [4.78, 5) is 18.1. The lowest BCUT2D eigenvalue weighted by molar-refractivity contribution is -0.119. The van der Waals surface area contributed by atoms with Crippen LogP contribution >= 0.6 is 0 Å². The largest absolute Gasteiger partial charge is 0.497 e. The number of aliphatic imine (C=N–C) groups is 1. The van der Waals surface area contributed by atoms with Gasteiger partial charge in [0.25, 0.3) is 0 Å². The Morgan fingerprint density at radius 3 is 2.61 bits per heavy atom. The van der Waals surface area contributed by atoms with Gasteiger partial charge in [0.05, 0.1) is 26.3 Å². The smallest absolute Gasteiger partial charge is 0.231 e. The Bertz CT molecular complexity index is 741. The van der Waals surface area contributed by atoms with Crippen LogP contribution in [0.2, 0.25) is 0 Å². The molecular weight excluding hydrogens is 394 g/mol. The van der Waals surface area contributed by atoms with Gasteiger partial charge in [0.15, 0.2) is 5.96 Å². The number of piperidine rings is 1. The molecule has 1 aromatic rings. The van der Waals surface area contributed by atoms with Gasteiger partial charge in [-0.25, -0.2) is 4.99 Å². The summed E-state index contributed by atoms with van der Waals surface area (Å²) in [6.45, 7) is 5.44. The van der Waals surface area contributed by atoms with Crippen molar-refractivity contribution in [3.8, 4) is 11.5 Å². The summed E-state index contributed by atoms with van der Waals surface area (Å²) in [5.41, 5.74) is 6.37. The molecule has 1 saturated carbocycles. The summed E-state index contributed by atoms with van der Waals surface area (Å²) in [5, 5.41) is 6.89. The highest BCUT2D eigenvalue weighted by Gasteiger charge is 2.21. The summed E-state index contributed by atoms with van der Waals surface area (Å²) >= 11 is 0. The Kier molecular flexibility index (Phi) is 8.82. The number of hydrogen-bond donors (Lipinski definition) is 3. The van der Waals surface area contributed by atoms with Gasteiger partial charge < -0.3 is 25.8 Å². The molecule has 1 aromatic carbocycles. The van der Waals surface area contributed by atoms with Gasteiger partial charge >= 0.3 is 0 Å². The lowest BCUT2D eigenvalue weighted by atomic mass is 10.1. The third-order valence-corrected chi connectivity index (χ3v) is 5.93. The number of primary amides is 1. The van der Waals surface area contributed by atoms with E-state index in [4.69, 9.17) is 20.2 Å². The van der Waals surface area contributed by atoms with Gasteiger partial charge in [-0.2, -0.15) is 0 Å². The minimum absolute atomic E-state index is 0.267. The monoisotopic (exact) mass is 431 g/mol. The van der Waals surface area contributed by atoms with Crippen molar-refractivity contribution in [2.45, 2.75) is 64.1 Å². The molecule has 0 unspecified atom stereocenters. The first-order chi connectivity index (χ1) is 15.1. The van der Waals surface area contributed by atoms with E-state index in [0.29, 0.717) is 19.1 Å². The zero-order chi connectivity index (χ0) is 22.1. The number of rotatable bonds is 9. The minimum atomic E-state index is -0.267. The summed E-state index contributed by atoms with van der Waals surface area (Å²) in [6, 6.07) is 6.30. The number of carbonyl (C=O) groups is 1. The van der Waals surface area contributed by atoms with Gasteiger partial charge in [-0.3, -0.25) is 9.69 Å². The Morgan fingerprint density at radius 2 is 1.97 bits per heavy atom. The van der Waals surface area contributed by atoms with Gasteiger partial charge in [0, 0.05) is 37.3 Å². The van der Waals surface area contributed by atoms with Crippen molar-refractivity contribution >= 4 is 11.9 Å². The zero-order valence-electron chi connectivity index (χ0n) is 18.9. The molecule has 1 aliphatic carbocycles. The van der Waals surface area contributed by atoms with E-state index < -0.39 is 0 Å². The molecule has 2 fully saturated rings. The standard InChI is InChI=1S/C23H37N5O3/c1-3-25-23(27-18-10-12-28(13-11-18)16-22(24)29)26-15-17-8-9-20(30-2)14-21(17)31-19-6-4-5-7-19/h8-9,14,18-19H,3-7,10-13,15-16H2,1-2H3,(H2,24,29)(H2,25,26,27). The molecule has 0 aromatic heterocycles. The maximum Gasteiger partial charge on any atom is 0.231 e. The molecule has 0 atom stereocenters. The van der Waals surface area contributed by atoms with Gasteiger partial charge in [-0.05, 0) is 57.6 Å². The van der Waals surface area contributed by atoms with Crippen molar-refractivity contribution in [1.29, 1.82) is 0 Å². The number of amides is 1. The number of benzene rings is 1. The average Bonchev–Trinajstić information content (AvgIpc) is 3.27. The quantitative estimate of drug-likeness (QED) is 0.409. The molecule has 1 saturated heterocycles. The lowest BCUT2D eigenvalue weighted by Crippen LogP contribution is -2.49. The molecule has 1 heterocycles. The number of nitrogens with two attached hydrogens (primary N) is 1. The third-order valence-electron chi connectivity index (χ3n) is 5.93. The third kappa shape index (κ3) is 7.31. The maximum atomic E-state index is 11.1. The van der Waals surface area contributed by atoms with E-state index in [2.05, 4.69) is 22.5 Å². The fourth-order valence-corrected chi connectivity index (χ4v) is 4.22. The Morgan fingerprint density at radius 1 is 1.23 bits per heavy atom. The van der Waals surface area contributed by atoms with Crippen LogP contribution in [0.1, 0.15) is 51.0 Å². The summed E-state index contributed by atoms with van der Waals surface area (Å²) < 4.78 is 11.7. The molecule has 172 valence electrons. The van der Waals surface area contributed by atoms with Crippen LogP contribution < -0.4 is 25.8 Å². The predicted molar refractivity (Wildman–Crippen MR) is 122 cm³/mol. The first-order valence-corrected chi connectivity index (χ1v) is 11.5. The van der Waals surface area contributed by atoms with Crippen LogP contribution in [0.5, 0.6) is 11.5 Å². The molecule has 0 spiro atoms. The second-order valence-electron chi connectivity index (χ2n) is 8.35. The SMILES string of the molecule is CCNC(=NCc1ccc(OC)cc1OC1CCCC1)NC1CCN(CC(N)=O)CC1. The van der Waals surface area contributed by atoms with E-state index in [0.717, 1.165) is 68.3 Å². The predicted octanol–water partition coefficient (Wildman–Crippen LogP) is 2.02. The number of likely N-dealkylation sites (tertiary alicyclic amines) is 1. The number of ether oxygens (including phenoxy) is 2. The number of methoxy groups -OCH3 is 1. The summed E-state index contributed by atoms with van der Waals surface area (Å²) in [7, 11) is 1.68. The molecule has 0 bridgehead atoms. The topological polar surface area (TPSA) is 101 Å². The molecular formula is C23H37N5O3. The van der Waals surface area contributed by atoms with Crippen LogP contribution in [0.15, 0.2) is 23.2 Å². The molecule has 1 aliphatic heterocycles. The Labute approximate surface area is 185 Å². The lowest BCUT2D eigenvalue weighted by Gasteiger charge is -2.32.